The van der Waals surface area contributed by atoms with Crippen molar-refractivity contribution in [1.82, 2.24) is 9.97 Å². The molecular formula is C8H10F3N5O2. The Morgan fingerprint density at radius 1 is 1.56 bits per heavy atom. The lowest BCUT2D eigenvalue weighted by Crippen LogP contribution is -2.32. The molecule has 1 aromatic heterocycles. The zero-order valence-corrected chi connectivity index (χ0v) is 9.52. The van der Waals surface area contributed by atoms with Crippen LogP contribution in [0, 0.1) is 10.1 Å². The average Bonchev–Trinajstić information content (AvgIpc) is 2.25. The Labute approximate surface area is 99.8 Å². The molecule has 1 aromatic rings. The van der Waals surface area contributed by atoms with Crippen LogP contribution in [-0.2, 0) is 0 Å². The molecule has 0 spiro atoms. The van der Waals surface area contributed by atoms with Gasteiger partial charge in [0.05, 0.1) is 4.92 Å². The van der Waals surface area contributed by atoms with Crippen molar-refractivity contribution in [2.75, 3.05) is 30.9 Å². The summed E-state index contributed by atoms with van der Waals surface area (Å²) in [5, 5.41) is 13.2. The van der Waals surface area contributed by atoms with Gasteiger partial charge in [0.25, 0.3) is 0 Å². The molecular weight excluding hydrogens is 255 g/mol. The summed E-state index contributed by atoms with van der Waals surface area (Å²) in [6, 6.07) is 0. The van der Waals surface area contributed by atoms with E-state index in [9.17, 15) is 23.3 Å². The number of nitro groups is 1. The zero-order valence-electron chi connectivity index (χ0n) is 9.52. The number of alkyl halides is 3. The Morgan fingerprint density at radius 2 is 2.17 bits per heavy atom. The SMILES string of the molecule is CNc1ncc([N+](=O)[O-])c(N(C)CC(F)(F)F)n1. The van der Waals surface area contributed by atoms with E-state index >= 15 is 0 Å². The first-order chi connectivity index (χ1) is 8.24. The van der Waals surface area contributed by atoms with Crippen LogP contribution in [0.4, 0.5) is 30.6 Å². The summed E-state index contributed by atoms with van der Waals surface area (Å²) >= 11 is 0. The van der Waals surface area contributed by atoms with E-state index < -0.39 is 29.1 Å². The summed E-state index contributed by atoms with van der Waals surface area (Å²) in [4.78, 5) is 17.8. The third kappa shape index (κ3) is 3.43. The molecule has 0 unspecified atom stereocenters. The molecule has 0 aliphatic carbocycles. The third-order valence-corrected chi connectivity index (χ3v) is 1.95. The maximum atomic E-state index is 12.2. The molecule has 0 amide bonds. The fourth-order valence-corrected chi connectivity index (χ4v) is 1.24. The van der Waals surface area contributed by atoms with Gasteiger partial charge in [-0.3, -0.25) is 10.1 Å². The highest BCUT2D eigenvalue weighted by Gasteiger charge is 2.32. The van der Waals surface area contributed by atoms with E-state index in [1.165, 1.54) is 7.05 Å². The predicted octanol–water partition coefficient (Wildman–Crippen LogP) is 1.43. The average molecular weight is 265 g/mol. The maximum Gasteiger partial charge on any atom is 0.405 e. The van der Waals surface area contributed by atoms with Crippen LogP contribution in [0.15, 0.2) is 6.20 Å². The van der Waals surface area contributed by atoms with E-state index in [2.05, 4.69) is 15.3 Å². The van der Waals surface area contributed by atoms with Crippen molar-refractivity contribution in [2.45, 2.75) is 6.18 Å². The highest BCUT2D eigenvalue weighted by Crippen LogP contribution is 2.27. The molecule has 0 fully saturated rings. The Balaban J connectivity index is 3.14. The Kier molecular flexibility index (Phi) is 3.89. The van der Waals surface area contributed by atoms with Crippen LogP contribution in [0.5, 0.6) is 0 Å². The van der Waals surface area contributed by atoms with Crippen LogP contribution >= 0.6 is 0 Å². The second-order valence-corrected chi connectivity index (χ2v) is 3.38. The fraction of sp³-hybridized carbons (Fsp3) is 0.500. The molecule has 10 heteroatoms. The van der Waals surface area contributed by atoms with E-state index in [1.54, 1.807) is 0 Å². The van der Waals surface area contributed by atoms with Gasteiger partial charge in [0.1, 0.15) is 12.7 Å². The predicted molar refractivity (Wildman–Crippen MR) is 57.6 cm³/mol. The summed E-state index contributed by atoms with van der Waals surface area (Å²) in [5.74, 6) is -0.388. The minimum Gasteiger partial charge on any atom is -0.357 e. The first-order valence-electron chi connectivity index (χ1n) is 4.71. The van der Waals surface area contributed by atoms with Crippen LogP contribution in [0.2, 0.25) is 0 Å². The van der Waals surface area contributed by atoms with E-state index in [1.807, 2.05) is 0 Å². The molecule has 100 valence electrons. The second-order valence-electron chi connectivity index (χ2n) is 3.38. The van der Waals surface area contributed by atoms with E-state index in [-0.39, 0.29) is 5.95 Å². The largest absolute Gasteiger partial charge is 0.405 e. The number of aromatic nitrogens is 2. The van der Waals surface area contributed by atoms with Gasteiger partial charge in [-0.25, -0.2) is 4.98 Å². The fourth-order valence-electron chi connectivity index (χ4n) is 1.24. The van der Waals surface area contributed by atoms with Gasteiger partial charge in [0.15, 0.2) is 0 Å². The molecule has 0 aliphatic heterocycles. The van der Waals surface area contributed by atoms with E-state index in [0.29, 0.717) is 4.90 Å². The van der Waals surface area contributed by atoms with Crippen molar-refractivity contribution in [1.29, 1.82) is 0 Å². The molecule has 1 rings (SSSR count). The van der Waals surface area contributed by atoms with Crippen molar-refractivity contribution < 1.29 is 18.1 Å². The van der Waals surface area contributed by atoms with Gasteiger partial charge in [-0.1, -0.05) is 0 Å². The molecule has 1 heterocycles. The van der Waals surface area contributed by atoms with E-state index in [0.717, 1.165) is 13.2 Å². The van der Waals surface area contributed by atoms with Gasteiger partial charge in [-0.05, 0) is 0 Å². The lowest BCUT2D eigenvalue weighted by atomic mass is 10.4. The van der Waals surface area contributed by atoms with Crippen LogP contribution in [0.1, 0.15) is 0 Å². The van der Waals surface area contributed by atoms with Crippen LogP contribution in [0.25, 0.3) is 0 Å². The summed E-state index contributed by atoms with van der Waals surface area (Å²) < 4.78 is 36.7. The Bertz CT molecular complexity index is 451. The highest BCUT2D eigenvalue weighted by molar-refractivity contribution is 5.58. The second kappa shape index (κ2) is 5.02. The molecule has 1 N–H and O–H groups in total. The number of nitrogens with zero attached hydrogens (tertiary/aromatic N) is 4. The van der Waals surface area contributed by atoms with Crippen molar-refractivity contribution in [2.24, 2.45) is 0 Å². The highest BCUT2D eigenvalue weighted by atomic mass is 19.4. The summed E-state index contributed by atoms with van der Waals surface area (Å²) in [6.45, 7) is -1.34. The summed E-state index contributed by atoms with van der Waals surface area (Å²) in [7, 11) is 2.52. The normalized spacial score (nSPS) is 11.2. The molecule has 0 aromatic carbocycles. The first kappa shape index (κ1) is 13.9. The van der Waals surface area contributed by atoms with E-state index in [4.69, 9.17) is 0 Å². The minimum absolute atomic E-state index is 0.00428. The first-order valence-corrected chi connectivity index (χ1v) is 4.71. The van der Waals surface area contributed by atoms with Crippen molar-refractivity contribution >= 4 is 17.5 Å². The molecule has 0 radical (unpaired) electrons. The van der Waals surface area contributed by atoms with Gasteiger partial charge >= 0.3 is 11.9 Å². The smallest absolute Gasteiger partial charge is 0.357 e. The minimum atomic E-state index is -4.48. The van der Waals surface area contributed by atoms with Crippen molar-refractivity contribution in [3.8, 4) is 0 Å². The summed E-state index contributed by atoms with van der Waals surface area (Å²) in [5.41, 5.74) is -0.583. The number of anilines is 2. The van der Waals surface area contributed by atoms with Gasteiger partial charge in [0, 0.05) is 14.1 Å². The van der Waals surface area contributed by atoms with Crippen LogP contribution in [-0.4, -0.2) is 41.7 Å². The molecule has 0 atom stereocenters. The summed E-state index contributed by atoms with van der Waals surface area (Å²) in [6.07, 6.45) is -3.62. The number of halogens is 3. The van der Waals surface area contributed by atoms with Gasteiger partial charge in [-0.2, -0.15) is 18.2 Å². The number of rotatable bonds is 4. The lowest BCUT2D eigenvalue weighted by Gasteiger charge is -2.19. The Morgan fingerprint density at radius 3 is 2.61 bits per heavy atom. The standard InChI is InChI=1S/C8H10F3N5O2/c1-12-7-13-3-5(16(17)18)6(14-7)15(2)4-8(9,10)11/h3H,4H2,1-2H3,(H,12,13,14). The monoisotopic (exact) mass is 265 g/mol. The Hall–Kier alpha value is -2.13. The molecule has 0 bridgehead atoms. The quantitative estimate of drug-likeness (QED) is 0.654. The molecule has 18 heavy (non-hydrogen) atoms. The number of nitrogens with one attached hydrogen (secondary N) is 1. The molecule has 7 nitrogen and oxygen atoms in total. The zero-order chi connectivity index (χ0) is 13.9. The molecule has 0 saturated heterocycles. The third-order valence-electron chi connectivity index (χ3n) is 1.95. The van der Waals surface area contributed by atoms with Gasteiger partial charge in [0.2, 0.25) is 11.8 Å². The number of hydrogen-bond donors (Lipinski definition) is 1. The van der Waals surface area contributed by atoms with Crippen molar-refractivity contribution in [3.63, 3.8) is 0 Å². The molecule has 0 saturated carbocycles. The lowest BCUT2D eigenvalue weighted by molar-refractivity contribution is -0.384. The van der Waals surface area contributed by atoms with Crippen molar-refractivity contribution in [3.05, 3.63) is 16.3 Å². The maximum absolute atomic E-state index is 12.2. The number of hydrogen-bond acceptors (Lipinski definition) is 6. The van der Waals surface area contributed by atoms with Crippen LogP contribution < -0.4 is 10.2 Å². The van der Waals surface area contributed by atoms with Gasteiger partial charge < -0.3 is 10.2 Å². The molecule has 0 aliphatic rings. The van der Waals surface area contributed by atoms with Crippen LogP contribution in [0.3, 0.4) is 0 Å². The topological polar surface area (TPSA) is 84.2 Å². The van der Waals surface area contributed by atoms with Gasteiger partial charge in [-0.15, -0.1) is 0 Å².